The molecule has 0 saturated heterocycles. The monoisotopic (exact) mass is 393 g/mol. The van der Waals surface area contributed by atoms with Gasteiger partial charge < -0.3 is 5.32 Å². The second-order valence-corrected chi connectivity index (χ2v) is 7.27. The number of hydrogen-bond acceptors (Lipinski definition) is 2. The fourth-order valence-electron chi connectivity index (χ4n) is 1.66. The highest BCUT2D eigenvalue weighted by Gasteiger charge is 2.16. The van der Waals surface area contributed by atoms with Crippen molar-refractivity contribution in [2.45, 2.75) is 6.04 Å². The lowest BCUT2D eigenvalue weighted by Crippen LogP contribution is -2.16. The SMILES string of the molecule is CNC(c1cccc(Br)c1)c1cc(Cl)c(Br)s1. The van der Waals surface area contributed by atoms with Crippen molar-refractivity contribution in [3.63, 3.8) is 0 Å². The van der Waals surface area contributed by atoms with E-state index in [1.807, 2.05) is 25.2 Å². The van der Waals surface area contributed by atoms with E-state index in [-0.39, 0.29) is 6.04 Å². The predicted molar refractivity (Wildman–Crippen MR) is 82.1 cm³/mol. The normalized spacial score (nSPS) is 12.7. The second-order valence-electron chi connectivity index (χ2n) is 3.55. The molecule has 1 aromatic heterocycles. The topological polar surface area (TPSA) is 12.0 Å². The van der Waals surface area contributed by atoms with Gasteiger partial charge in [-0.15, -0.1) is 11.3 Å². The minimum absolute atomic E-state index is 0.168. The van der Waals surface area contributed by atoms with Gasteiger partial charge in [0.1, 0.15) is 0 Å². The highest BCUT2D eigenvalue weighted by molar-refractivity contribution is 9.11. The molecule has 1 nitrogen and oxygen atoms in total. The average Bonchev–Trinajstić information content (AvgIpc) is 2.60. The molecule has 90 valence electrons. The number of benzene rings is 1. The first-order valence-corrected chi connectivity index (χ1v) is 7.77. The molecule has 0 radical (unpaired) electrons. The molecule has 0 spiro atoms. The zero-order valence-electron chi connectivity index (χ0n) is 9.01. The van der Waals surface area contributed by atoms with Crippen LogP contribution in [0.3, 0.4) is 0 Å². The van der Waals surface area contributed by atoms with Crippen molar-refractivity contribution in [2.24, 2.45) is 0 Å². The largest absolute Gasteiger partial charge is 0.309 e. The number of nitrogens with one attached hydrogen (secondary N) is 1. The number of thiophene rings is 1. The summed E-state index contributed by atoms with van der Waals surface area (Å²) < 4.78 is 2.06. The van der Waals surface area contributed by atoms with Crippen molar-refractivity contribution in [1.29, 1.82) is 0 Å². The van der Waals surface area contributed by atoms with Gasteiger partial charge in [0.05, 0.1) is 14.9 Å². The first kappa shape index (κ1) is 13.6. The van der Waals surface area contributed by atoms with Gasteiger partial charge in [0.15, 0.2) is 0 Å². The van der Waals surface area contributed by atoms with E-state index in [2.05, 4.69) is 49.3 Å². The minimum Gasteiger partial charge on any atom is -0.309 e. The minimum atomic E-state index is 0.168. The van der Waals surface area contributed by atoms with Gasteiger partial charge in [-0.25, -0.2) is 0 Å². The number of hydrogen-bond donors (Lipinski definition) is 1. The third kappa shape index (κ3) is 3.12. The van der Waals surface area contributed by atoms with Crippen LogP contribution >= 0.6 is 54.8 Å². The van der Waals surface area contributed by atoms with Crippen LogP contribution in [0.2, 0.25) is 5.02 Å². The van der Waals surface area contributed by atoms with E-state index >= 15 is 0 Å². The molecule has 0 saturated carbocycles. The summed E-state index contributed by atoms with van der Waals surface area (Å²) in [5, 5.41) is 4.08. The van der Waals surface area contributed by atoms with Crippen LogP contribution in [-0.2, 0) is 0 Å². The second kappa shape index (κ2) is 5.85. The summed E-state index contributed by atoms with van der Waals surface area (Å²) in [6.07, 6.45) is 0. The summed E-state index contributed by atoms with van der Waals surface area (Å²) in [5.74, 6) is 0. The summed E-state index contributed by atoms with van der Waals surface area (Å²) >= 11 is 14.7. The Morgan fingerprint density at radius 1 is 1.29 bits per heavy atom. The molecule has 1 atom stereocenters. The highest BCUT2D eigenvalue weighted by Crippen LogP contribution is 2.37. The molecule has 0 amide bonds. The fraction of sp³-hybridized carbons (Fsp3) is 0.167. The average molecular weight is 396 g/mol. The maximum absolute atomic E-state index is 6.08. The molecular weight excluding hydrogens is 385 g/mol. The number of rotatable bonds is 3. The highest BCUT2D eigenvalue weighted by atomic mass is 79.9. The van der Waals surface area contributed by atoms with Crippen LogP contribution in [0.4, 0.5) is 0 Å². The van der Waals surface area contributed by atoms with Crippen molar-refractivity contribution in [1.82, 2.24) is 5.32 Å². The van der Waals surface area contributed by atoms with Gasteiger partial charge in [-0.1, -0.05) is 39.7 Å². The first-order valence-electron chi connectivity index (χ1n) is 4.99. The summed E-state index contributed by atoms with van der Waals surface area (Å²) in [5.41, 5.74) is 1.22. The first-order chi connectivity index (χ1) is 8.11. The number of halogens is 3. The van der Waals surface area contributed by atoms with Gasteiger partial charge in [-0.2, -0.15) is 0 Å². The standard InChI is InChI=1S/C12H10Br2ClNS/c1-16-11(7-3-2-4-8(13)5-7)10-6-9(15)12(14)17-10/h2-6,11,16H,1H3. The lowest BCUT2D eigenvalue weighted by Gasteiger charge is -2.15. The van der Waals surface area contributed by atoms with Gasteiger partial charge in [0, 0.05) is 9.35 Å². The van der Waals surface area contributed by atoms with E-state index in [9.17, 15) is 0 Å². The lowest BCUT2D eigenvalue weighted by atomic mass is 10.1. The molecule has 17 heavy (non-hydrogen) atoms. The Bertz CT molecular complexity index is 507. The maximum atomic E-state index is 6.08. The van der Waals surface area contributed by atoms with E-state index < -0.39 is 0 Å². The lowest BCUT2D eigenvalue weighted by molar-refractivity contribution is 0.703. The van der Waals surface area contributed by atoms with Crippen LogP contribution < -0.4 is 5.32 Å². The predicted octanol–water partition coefficient (Wildman–Crippen LogP) is 5.24. The van der Waals surface area contributed by atoms with Crippen molar-refractivity contribution in [3.8, 4) is 0 Å². The molecule has 0 aliphatic carbocycles. The maximum Gasteiger partial charge on any atom is 0.0888 e. The van der Waals surface area contributed by atoms with Crippen LogP contribution in [0, 0.1) is 0 Å². The molecule has 0 fully saturated rings. The van der Waals surface area contributed by atoms with E-state index in [1.54, 1.807) is 11.3 Å². The third-order valence-electron chi connectivity index (χ3n) is 2.42. The molecule has 0 aliphatic rings. The summed E-state index contributed by atoms with van der Waals surface area (Å²) in [6, 6.07) is 10.4. The zero-order chi connectivity index (χ0) is 12.4. The Labute approximate surface area is 126 Å². The zero-order valence-corrected chi connectivity index (χ0v) is 13.8. The molecule has 2 aromatic rings. The van der Waals surface area contributed by atoms with Crippen LogP contribution in [0.1, 0.15) is 16.5 Å². The van der Waals surface area contributed by atoms with Gasteiger partial charge in [-0.3, -0.25) is 0 Å². The van der Waals surface area contributed by atoms with Gasteiger partial charge in [-0.05, 0) is 46.7 Å². The Kier molecular flexibility index (Phi) is 4.66. The van der Waals surface area contributed by atoms with Crippen LogP contribution in [0.25, 0.3) is 0 Å². The third-order valence-corrected chi connectivity index (χ3v) is 5.45. The van der Waals surface area contributed by atoms with Crippen molar-refractivity contribution >= 4 is 54.8 Å². The van der Waals surface area contributed by atoms with E-state index in [1.165, 1.54) is 10.4 Å². The Morgan fingerprint density at radius 2 is 2.06 bits per heavy atom. The molecule has 1 heterocycles. The molecule has 0 aliphatic heterocycles. The Hall–Kier alpha value is 0.130. The van der Waals surface area contributed by atoms with Crippen LogP contribution in [-0.4, -0.2) is 7.05 Å². The van der Waals surface area contributed by atoms with Crippen molar-refractivity contribution in [3.05, 3.63) is 54.1 Å². The van der Waals surface area contributed by atoms with E-state index in [0.29, 0.717) is 0 Å². The van der Waals surface area contributed by atoms with Gasteiger partial charge in [0.2, 0.25) is 0 Å². The molecule has 1 unspecified atom stereocenters. The van der Waals surface area contributed by atoms with Crippen molar-refractivity contribution < 1.29 is 0 Å². The van der Waals surface area contributed by atoms with Gasteiger partial charge in [0.25, 0.3) is 0 Å². The Balaban J connectivity index is 2.39. The van der Waals surface area contributed by atoms with Crippen LogP contribution in [0.5, 0.6) is 0 Å². The molecule has 1 aromatic carbocycles. The molecule has 1 N–H and O–H groups in total. The summed E-state index contributed by atoms with van der Waals surface area (Å²) in [4.78, 5) is 1.20. The molecular formula is C12H10Br2ClNS. The van der Waals surface area contributed by atoms with Crippen LogP contribution in [0.15, 0.2) is 38.6 Å². The summed E-state index contributed by atoms with van der Waals surface area (Å²) in [6.45, 7) is 0. The smallest absolute Gasteiger partial charge is 0.0888 e. The Morgan fingerprint density at radius 3 is 2.59 bits per heavy atom. The summed E-state index contributed by atoms with van der Waals surface area (Å²) in [7, 11) is 1.95. The molecule has 5 heteroatoms. The fourth-order valence-corrected chi connectivity index (χ4v) is 3.97. The van der Waals surface area contributed by atoms with Crippen molar-refractivity contribution in [2.75, 3.05) is 7.05 Å². The van der Waals surface area contributed by atoms with Gasteiger partial charge >= 0.3 is 0 Å². The molecule has 2 rings (SSSR count). The quantitative estimate of drug-likeness (QED) is 0.750. The molecule has 0 bridgehead atoms. The van der Waals surface area contributed by atoms with E-state index in [4.69, 9.17) is 11.6 Å². The van der Waals surface area contributed by atoms with E-state index in [0.717, 1.165) is 13.3 Å².